The summed E-state index contributed by atoms with van der Waals surface area (Å²) in [4.78, 5) is -0.522. The molecule has 0 radical (unpaired) electrons. The second-order valence-corrected chi connectivity index (χ2v) is 5.23. The molecule has 0 bridgehead atoms. The molecule has 18 heavy (non-hydrogen) atoms. The summed E-state index contributed by atoms with van der Waals surface area (Å²) in [5.74, 6) is -0.459. The molecule has 0 N–H and O–H groups in total. The zero-order valence-corrected chi connectivity index (χ0v) is 11.7. The van der Waals surface area contributed by atoms with Crippen molar-refractivity contribution < 1.29 is 22.3 Å². The van der Waals surface area contributed by atoms with Crippen LogP contribution in [0.4, 0.5) is 17.6 Å². The van der Waals surface area contributed by atoms with Crippen LogP contribution in [0.1, 0.15) is 16.0 Å². The van der Waals surface area contributed by atoms with E-state index in [1.54, 1.807) is 6.92 Å². The average Bonchev–Trinajstić information content (AvgIpc) is 2.21. The highest BCUT2D eigenvalue weighted by Crippen LogP contribution is 2.32. The molecule has 1 rings (SSSR count). The van der Waals surface area contributed by atoms with Crippen LogP contribution >= 0.6 is 27.5 Å². The highest BCUT2D eigenvalue weighted by Gasteiger charge is 2.28. The molecule has 0 aliphatic heterocycles. The van der Waals surface area contributed by atoms with Gasteiger partial charge in [-0.05, 0) is 24.1 Å². The van der Waals surface area contributed by atoms with Gasteiger partial charge in [-0.25, -0.2) is 4.39 Å². The van der Waals surface area contributed by atoms with Gasteiger partial charge in [-0.3, -0.25) is 0 Å². The standard InChI is InChI=1S/C11H10BrClF4O/c1-6-2-7(9(13)3-10(6)14)8(12)4-18-5-11(15,16)17/h2-3,8H,4-5H2,1H3. The molecule has 0 saturated heterocycles. The molecule has 0 fully saturated rings. The molecule has 1 nitrogen and oxygen atoms in total. The second-order valence-electron chi connectivity index (χ2n) is 3.72. The Balaban J connectivity index is 2.67. The van der Waals surface area contributed by atoms with E-state index in [0.29, 0.717) is 11.1 Å². The minimum atomic E-state index is -4.37. The molecule has 0 aromatic heterocycles. The SMILES string of the molecule is Cc1cc(C(Br)COCC(F)(F)F)c(Cl)cc1F. The van der Waals surface area contributed by atoms with Crippen LogP contribution in [0.25, 0.3) is 0 Å². The maximum atomic E-state index is 13.2. The predicted molar refractivity (Wildman–Crippen MR) is 64.7 cm³/mol. The van der Waals surface area contributed by atoms with Gasteiger partial charge in [0.05, 0.1) is 11.4 Å². The molecular formula is C11H10BrClF4O. The van der Waals surface area contributed by atoms with Crippen LogP contribution in [-0.4, -0.2) is 19.4 Å². The second kappa shape index (κ2) is 6.21. The van der Waals surface area contributed by atoms with Crippen LogP contribution < -0.4 is 0 Å². The zero-order chi connectivity index (χ0) is 13.9. The molecule has 0 spiro atoms. The number of hydrogen-bond acceptors (Lipinski definition) is 1. The average molecular weight is 350 g/mol. The lowest BCUT2D eigenvalue weighted by Gasteiger charge is -2.14. The number of rotatable bonds is 4. The Labute approximate surface area is 115 Å². The quantitative estimate of drug-likeness (QED) is 0.560. The normalized spacial score (nSPS) is 13.7. The molecular weight excluding hydrogens is 339 g/mol. The Morgan fingerprint density at radius 2 is 2.00 bits per heavy atom. The molecule has 0 saturated carbocycles. The molecule has 0 aliphatic rings. The zero-order valence-electron chi connectivity index (χ0n) is 9.32. The van der Waals surface area contributed by atoms with Crippen molar-refractivity contribution in [2.75, 3.05) is 13.2 Å². The topological polar surface area (TPSA) is 9.23 Å². The molecule has 1 aromatic rings. The first-order valence-corrected chi connectivity index (χ1v) is 6.24. The number of hydrogen-bond donors (Lipinski definition) is 0. The number of aryl methyl sites for hydroxylation is 1. The third kappa shape index (κ3) is 4.74. The smallest absolute Gasteiger partial charge is 0.371 e. The van der Waals surface area contributed by atoms with Gasteiger partial charge < -0.3 is 4.74 Å². The van der Waals surface area contributed by atoms with Crippen molar-refractivity contribution in [1.29, 1.82) is 0 Å². The predicted octanol–water partition coefficient (Wildman–Crippen LogP) is 4.80. The Bertz CT molecular complexity index is 422. The Kier molecular flexibility index (Phi) is 5.43. The van der Waals surface area contributed by atoms with E-state index in [1.165, 1.54) is 6.07 Å². The van der Waals surface area contributed by atoms with Crippen molar-refractivity contribution in [3.8, 4) is 0 Å². The Morgan fingerprint density at radius 1 is 1.39 bits per heavy atom. The minimum Gasteiger partial charge on any atom is -0.371 e. The fourth-order valence-corrected chi connectivity index (χ4v) is 2.27. The summed E-state index contributed by atoms with van der Waals surface area (Å²) < 4.78 is 53.3. The molecule has 1 unspecified atom stereocenters. The lowest BCUT2D eigenvalue weighted by Crippen LogP contribution is -2.18. The van der Waals surface area contributed by atoms with Gasteiger partial charge in [0.2, 0.25) is 0 Å². The number of ether oxygens (including phenoxy) is 1. The van der Waals surface area contributed by atoms with E-state index in [2.05, 4.69) is 20.7 Å². The molecule has 102 valence electrons. The van der Waals surface area contributed by atoms with Crippen LogP contribution in [0, 0.1) is 12.7 Å². The van der Waals surface area contributed by atoms with E-state index in [1.807, 2.05) is 0 Å². The number of halogens is 6. The first-order chi connectivity index (χ1) is 8.20. The first kappa shape index (κ1) is 15.7. The summed E-state index contributed by atoms with van der Waals surface area (Å²) >= 11 is 8.98. The minimum absolute atomic E-state index is 0.149. The van der Waals surface area contributed by atoms with Gasteiger partial charge in [-0.1, -0.05) is 33.6 Å². The van der Waals surface area contributed by atoms with Gasteiger partial charge in [-0.2, -0.15) is 13.2 Å². The van der Waals surface area contributed by atoms with Crippen molar-refractivity contribution in [3.05, 3.63) is 34.1 Å². The Hall–Kier alpha value is -0.330. The molecule has 7 heteroatoms. The molecule has 0 heterocycles. The lowest BCUT2D eigenvalue weighted by atomic mass is 10.1. The van der Waals surface area contributed by atoms with E-state index in [9.17, 15) is 17.6 Å². The van der Waals surface area contributed by atoms with Crippen LogP contribution in [0.3, 0.4) is 0 Å². The molecule has 1 aromatic carbocycles. The van der Waals surface area contributed by atoms with E-state index in [-0.39, 0.29) is 11.6 Å². The summed E-state index contributed by atoms with van der Waals surface area (Å²) in [6, 6.07) is 2.61. The molecule has 0 aliphatic carbocycles. The highest BCUT2D eigenvalue weighted by molar-refractivity contribution is 9.09. The fraction of sp³-hybridized carbons (Fsp3) is 0.455. The number of benzene rings is 1. The molecule has 0 amide bonds. The van der Waals surface area contributed by atoms with Crippen LogP contribution in [0.15, 0.2) is 12.1 Å². The van der Waals surface area contributed by atoms with Gasteiger partial charge in [0.25, 0.3) is 0 Å². The lowest BCUT2D eigenvalue weighted by molar-refractivity contribution is -0.173. The summed E-state index contributed by atoms with van der Waals surface area (Å²) in [7, 11) is 0. The van der Waals surface area contributed by atoms with E-state index in [4.69, 9.17) is 11.6 Å². The van der Waals surface area contributed by atoms with Gasteiger partial charge in [-0.15, -0.1) is 0 Å². The first-order valence-electron chi connectivity index (χ1n) is 4.95. The van der Waals surface area contributed by atoms with Crippen molar-refractivity contribution in [2.24, 2.45) is 0 Å². The van der Waals surface area contributed by atoms with Crippen molar-refractivity contribution in [2.45, 2.75) is 17.9 Å². The summed E-state index contributed by atoms with van der Waals surface area (Å²) in [5, 5.41) is 0.149. The largest absolute Gasteiger partial charge is 0.411 e. The maximum absolute atomic E-state index is 13.2. The van der Waals surface area contributed by atoms with Crippen molar-refractivity contribution >= 4 is 27.5 Å². The van der Waals surface area contributed by atoms with E-state index >= 15 is 0 Å². The van der Waals surface area contributed by atoms with Crippen LogP contribution in [-0.2, 0) is 4.74 Å². The van der Waals surface area contributed by atoms with Crippen LogP contribution in [0.2, 0.25) is 5.02 Å². The van der Waals surface area contributed by atoms with E-state index < -0.39 is 23.4 Å². The fourth-order valence-electron chi connectivity index (χ4n) is 1.29. The Morgan fingerprint density at radius 3 is 2.56 bits per heavy atom. The van der Waals surface area contributed by atoms with Gasteiger partial charge in [0, 0.05) is 5.02 Å². The van der Waals surface area contributed by atoms with Crippen molar-refractivity contribution in [3.63, 3.8) is 0 Å². The summed E-state index contributed by atoms with van der Waals surface area (Å²) in [6.07, 6.45) is -4.37. The van der Waals surface area contributed by atoms with E-state index in [0.717, 1.165) is 6.07 Å². The summed E-state index contributed by atoms with van der Waals surface area (Å²) in [5.41, 5.74) is 0.868. The third-order valence-corrected chi connectivity index (χ3v) is 3.23. The third-order valence-electron chi connectivity index (χ3n) is 2.15. The van der Waals surface area contributed by atoms with Crippen LogP contribution in [0.5, 0.6) is 0 Å². The molecule has 1 atom stereocenters. The number of alkyl halides is 4. The summed E-state index contributed by atoms with van der Waals surface area (Å²) in [6.45, 7) is 0.0165. The monoisotopic (exact) mass is 348 g/mol. The highest BCUT2D eigenvalue weighted by atomic mass is 79.9. The van der Waals surface area contributed by atoms with Gasteiger partial charge in [0.15, 0.2) is 0 Å². The van der Waals surface area contributed by atoms with Gasteiger partial charge in [0.1, 0.15) is 12.4 Å². The maximum Gasteiger partial charge on any atom is 0.411 e. The van der Waals surface area contributed by atoms with Crippen molar-refractivity contribution in [1.82, 2.24) is 0 Å². The van der Waals surface area contributed by atoms with Gasteiger partial charge >= 0.3 is 6.18 Å².